The molecule has 0 aromatic rings. The number of rotatable bonds is 3. The molecule has 0 fully saturated rings. The first-order valence-corrected chi connectivity index (χ1v) is 4.77. The third-order valence-corrected chi connectivity index (χ3v) is 2.87. The molecule has 0 aromatic heterocycles. The Hall–Kier alpha value is 0.0569. The van der Waals surface area contributed by atoms with Crippen molar-refractivity contribution in [2.75, 3.05) is 6.54 Å². The van der Waals surface area contributed by atoms with Gasteiger partial charge in [-0.2, -0.15) is 0 Å². The Balaban J connectivity index is 3.59. The molecule has 0 saturated carbocycles. The van der Waals surface area contributed by atoms with E-state index in [1.54, 1.807) is 6.92 Å². The third-order valence-electron chi connectivity index (χ3n) is 1.26. The number of nitrogens with two attached hydrogens (primary N) is 1. The standard InChI is InChI=1S/C4H13NO3Si/c1-4(2-3-5)9(6,7)8/h4,6-8H,2-3,5H2,1H3. The van der Waals surface area contributed by atoms with Gasteiger partial charge in [-0.15, -0.1) is 0 Å². The van der Waals surface area contributed by atoms with Crippen LogP contribution in [0.5, 0.6) is 0 Å². The van der Waals surface area contributed by atoms with E-state index < -0.39 is 14.3 Å². The summed E-state index contributed by atoms with van der Waals surface area (Å²) in [5.41, 5.74) is 4.66. The first-order valence-electron chi connectivity index (χ1n) is 2.85. The first kappa shape index (κ1) is 9.06. The topological polar surface area (TPSA) is 86.7 Å². The quantitative estimate of drug-likeness (QED) is 0.375. The molecule has 0 heterocycles. The molecule has 0 bridgehead atoms. The van der Waals surface area contributed by atoms with Crippen LogP contribution in [0.3, 0.4) is 0 Å². The summed E-state index contributed by atoms with van der Waals surface area (Å²) in [6.07, 6.45) is 0.454. The van der Waals surface area contributed by atoms with E-state index >= 15 is 0 Å². The zero-order valence-corrected chi connectivity index (χ0v) is 6.41. The van der Waals surface area contributed by atoms with Crippen LogP contribution in [0.2, 0.25) is 5.54 Å². The Morgan fingerprint density at radius 2 is 1.89 bits per heavy atom. The molecule has 0 rings (SSSR count). The molecular weight excluding hydrogens is 138 g/mol. The fourth-order valence-corrected chi connectivity index (χ4v) is 0.998. The average Bonchev–Trinajstić information content (AvgIpc) is 1.64. The van der Waals surface area contributed by atoms with Crippen LogP contribution in [0.1, 0.15) is 13.3 Å². The average molecular weight is 151 g/mol. The van der Waals surface area contributed by atoms with Gasteiger partial charge >= 0.3 is 8.80 Å². The van der Waals surface area contributed by atoms with E-state index in [1.807, 2.05) is 0 Å². The van der Waals surface area contributed by atoms with Crippen molar-refractivity contribution in [3.63, 3.8) is 0 Å². The number of hydrogen-bond donors (Lipinski definition) is 4. The second kappa shape index (κ2) is 3.28. The summed E-state index contributed by atoms with van der Waals surface area (Å²) < 4.78 is 0. The largest absolute Gasteiger partial charge is 0.495 e. The van der Waals surface area contributed by atoms with Crippen molar-refractivity contribution in [2.45, 2.75) is 18.9 Å². The van der Waals surface area contributed by atoms with Gasteiger partial charge in [0.2, 0.25) is 0 Å². The van der Waals surface area contributed by atoms with Crippen LogP contribution in [0.4, 0.5) is 0 Å². The molecule has 0 aliphatic heterocycles. The van der Waals surface area contributed by atoms with Crippen molar-refractivity contribution in [1.82, 2.24) is 0 Å². The maximum Gasteiger partial charge on any atom is 0.495 e. The molecule has 9 heavy (non-hydrogen) atoms. The first-order chi connectivity index (χ1) is 3.98. The van der Waals surface area contributed by atoms with Gasteiger partial charge < -0.3 is 20.1 Å². The molecule has 0 aliphatic rings. The molecule has 1 atom stereocenters. The molecule has 0 aliphatic carbocycles. The van der Waals surface area contributed by atoms with Gasteiger partial charge in [-0.1, -0.05) is 6.92 Å². The van der Waals surface area contributed by atoms with Crippen molar-refractivity contribution in [2.24, 2.45) is 5.73 Å². The van der Waals surface area contributed by atoms with Crippen LogP contribution >= 0.6 is 0 Å². The minimum absolute atomic E-state index is 0.373. The SMILES string of the molecule is CC(CCN)[Si](O)(O)O. The lowest BCUT2D eigenvalue weighted by Crippen LogP contribution is -2.40. The summed E-state index contributed by atoms with van der Waals surface area (Å²) in [7, 11) is -3.86. The van der Waals surface area contributed by atoms with Crippen LogP contribution in [0.15, 0.2) is 0 Å². The Bertz CT molecular complexity index is 82.4. The zero-order valence-electron chi connectivity index (χ0n) is 5.41. The highest BCUT2D eigenvalue weighted by Crippen LogP contribution is 2.15. The summed E-state index contributed by atoms with van der Waals surface area (Å²) in [6.45, 7) is 1.94. The molecule has 0 radical (unpaired) electrons. The highest BCUT2D eigenvalue weighted by molar-refractivity contribution is 6.57. The van der Waals surface area contributed by atoms with Crippen molar-refractivity contribution in [3.05, 3.63) is 0 Å². The summed E-state index contributed by atoms with van der Waals surface area (Å²) in [5.74, 6) is 0. The maximum atomic E-state index is 8.61. The van der Waals surface area contributed by atoms with E-state index in [2.05, 4.69) is 0 Å². The van der Waals surface area contributed by atoms with E-state index in [1.165, 1.54) is 0 Å². The highest BCUT2D eigenvalue weighted by atomic mass is 28.4. The predicted molar refractivity (Wildman–Crippen MR) is 35.5 cm³/mol. The molecule has 0 amide bonds. The van der Waals surface area contributed by atoms with Crippen LogP contribution in [0, 0.1) is 0 Å². The van der Waals surface area contributed by atoms with Crippen LogP contribution in [-0.4, -0.2) is 29.7 Å². The van der Waals surface area contributed by atoms with E-state index in [0.29, 0.717) is 13.0 Å². The normalized spacial score (nSPS) is 15.7. The van der Waals surface area contributed by atoms with Gasteiger partial charge in [0, 0.05) is 5.54 Å². The molecule has 4 nitrogen and oxygen atoms in total. The van der Waals surface area contributed by atoms with Gasteiger partial charge in [0.15, 0.2) is 0 Å². The van der Waals surface area contributed by atoms with Crippen LogP contribution < -0.4 is 5.73 Å². The van der Waals surface area contributed by atoms with E-state index in [9.17, 15) is 0 Å². The van der Waals surface area contributed by atoms with Gasteiger partial charge in [-0.25, -0.2) is 0 Å². The van der Waals surface area contributed by atoms with Gasteiger partial charge in [-0.3, -0.25) is 0 Å². The van der Waals surface area contributed by atoms with Gasteiger partial charge in [0.1, 0.15) is 0 Å². The van der Waals surface area contributed by atoms with Gasteiger partial charge in [0.25, 0.3) is 0 Å². The molecule has 0 saturated heterocycles. The van der Waals surface area contributed by atoms with Crippen LogP contribution in [0.25, 0.3) is 0 Å². The molecule has 5 N–H and O–H groups in total. The molecular formula is C4H13NO3Si. The lowest BCUT2D eigenvalue weighted by Gasteiger charge is -2.16. The molecule has 5 heteroatoms. The van der Waals surface area contributed by atoms with E-state index in [4.69, 9.17) is 20.1 Å². The zero-order chi connectivity index (χ0) is 7.49. The van der Waals surface area contributed by atoms with Crippen molar-refractivity contribution in [3.8, 4) is 0 Å². The lowest BCUT2D eigenvalue weighted by atomic mass is 10.3. The molecule has 1 unspecified atom stereocenters. The summed E-state index contributed by atoms with van der Waals surface area (Å²) >= 11 is 0. The Morgan fingerprint density at radius 1 is 1.44 bits per heavy atom. The van der Waals surface area contributed by atoms with E-state index in [0.717, 1.165) is 0 Å². The third kappa shape index (κ3) is 3.60. The van der Waals surface area contributed by atoms with Gasteiger partial charge in [-0.05, 0) is 13.0 Å². The predicted octanol–water partition coefficient (Wildman–Crippen LogP) is -1.36. The highest BCUT2D eigenvalue weighted by Gasteiger charge is 2.34. The Labute approximate surface area is 55.3 Å². The van der Waals surface area contributed by atoms with Crippen molar-refractivity contribution in [1.29, 1.82) is 0 Å². The molecule has 0 aromatic carbocycles. The van der Waals surface area contributed by atoms with E-state index in [-0.39, 0.29) is 0 Å². The molecule has 56 valence electrons. The Kier molecular flexibility index (Phi) is 3.30. The smallest absolute Gasteiger partial charge is 0.390 e. The van der Waals surface area contributed by atoms with Crippen molar-refractivity contribution < 1.29 is 14.4 Å². The summed E-state index contributed by atoms with van der Waals surface area (Å²) in [5, 5.41) is 0. The number of hydrogen-bond acceptors (Lipinski definition) is 4. The van der Waals surface area contributed by atoms with Gasteiger partial charge in [0.05, 0.1) is 0 Å². The Morgan fingerprint density at radius 3 is 2.00 bits per heavy atom. The van der Waals surface area contributed by atoms with Crippen LogP contribution in [-0.2, 0) is 0 Å². The monoisotopic (exact) mass is 151 g/mol. The summed E-state index contributed by atoms with van der Waals surface area (Å²) in [6, 6.07) is 0. The fraction of sp³-hybridized carbons (Fsp3) is 1.00. The summed E-state index contributed by atoms with van der Waals surface area (Å²) in [4.78, 5) is 25.8. The minimum atomic E-state index is -3.86. The maximum absolute atomic E-state index is 8.61. The lowest BCUT2D eigenvalue weighted by molar-refractivity contribution is 0.211. The minimum Gasteiger partial charge on any atom is -0.390 e. The fourth-order valence-electron chi connectivity index (χ4n) is 0.444. The second-order valence-corrected chi connectivity index (χ2v) is 4.53. The molecule has 0 spiro atoms. The van der Waals surface area contributed by atoms with Crippen molar-refractivity contribution >= 4 is 8.80 Å². The second-order valence-electron chi connectivity index (χ2n) is 2.17.